The van der Waals surface area contributed by atoms with E-state index in [1.54, 1.807) is 0 Å². The number of amides is 1. The number of carbonyl (C=O) groups is 1. The van der Waals surface area contributed by atoms with Gasteiger partial charge in [0.2, 0.25) is 0 Å². The summed E-state index contributed by atoms with van der Waals surface area (Å²) in [6.45, 7) is 5.04. The van der Waals surface area contributed by atoms with E-state index in [0.29, 0.717) is 5.92 Å². The van der Waals surface area contributed by atoms with Gasteiger partial charge in [-0.15, -0.1) is 0 Å². The van der Waals surface area contributed by atoms with E-state index in [1.807, 2.05) is 42.6 Å². The summed E-state index contributed by atoms with van der Waals surface area (Å²) in [6, 6.07) is 3.90. The molecule has 0 aliphatic carbocycles. The predicted molar refractivity (Wildman–Crippen MR) is 72.7 cm³/mol. The van der Waals surface area contributed by atoms with Gasteiger partial charge in [0.05, 0.1) is 0 Å². The largest absolute Gasteiger partial charge is 0.344 e. The Bertz CT molecular complexity index is 419. The molecule has 0 unspecified atom stereocenters. The first kappa shape index (κ1) is 13.1. The minimum Gasteiger partial charge on any atom is -0.344 e. The summed E-state index contributed by atoms with van der Waals surface area (Å²) < 4.78 is 1.96. The van der Waals surface area contributed by atoms with Crippen LogP contribution in [0.15, 0.2) is 12.1 Å². The summed E-state index contributed by atoms with van der Waals surface area (Å²) in [5.74, 6) is 0.769. The fourth-order valence-electron chi connectivity index (χ4n) is 2.56. The zero-order valence-corrected chi connectivity index (χ0v) is 11.6. The van der Waals surface area contributed by atoms with E-state index in [-0.39, 0.29) is 5.91 Å². The third-order valence-electron chi connectivity index (χ3n) is 3.93. The molecule has 1 fully saturated rings. The maximum Gasteiger partial charge on any atom is 0.270 e. The molecule has 1 aromatic rings. The van der Waals surface area contributed by atoms with E-state index in [0.717, 1.165) is 31.0 Å². The zero-order chi connectivity index (χ0) is 13.1. The Kier molecular flexibility index (Phi) is 4.07. The van der Waals surface area contributed by atoms with Crippen molar-refractivity contribution < 1.29 is 4.79 Å². The summed E-state index contributed by atoms with van der Waals surface area (Å²) in [7, 11) is 3.85. The van der Waals surface area contributed by atoms with Gasteiger partial charge < -0.3 is 14.8 Å². The van der Waals surface area contributed by atoms with Crippen LogP contribution in [0.1, 0.15) is 29.0 Å². The molecule has 4 nitrogen and oxygen atoms in total. The van der Waals surface area contributed by atoms with Crippen molar-refractivity contribution in [2.75, 3.05) is 26.7 Å². The molecule has 2 rings (SSSR count). The van der Waals surface area contributed by atoms with Crippen molar-refractivity contribution in [1.29, 1.82) is 0 Å². The summed E-state index contributed by atoms with van der Waals surface area (Å²) in [5, 5.41) is 3.35. The van der Waals surface area contributed by atoms with Gasteiger partial charge >= 0.3 is 0 Å². The molecule has 2 heterocycles. The van der Waals surface area contributed by atoms with Gasteiger partial charge in [0.25, 0.3) is 5.91 Å². The minimum atomic E-state index is 0.129. The molecule has 1 amide bonds. The van der Waals surface area contributed by atoms with Crippen LogP contribution >= 0.6 is 0 Å². The number of nitrogens with zero attached hydrogens (tertiary/aromatic N) is 2. The molecular formula is C14H23N3O. The standard InChI is InChI=1S/C14H23N3O/c1-11-4-5-13(17(11)3)14(18)16(2)10-12-6-8-15-9-7-12/h4-5,12,15H,6-10H2,1-3H3. The number of piperidine rings is 1. The highest BCUT2D eigenvalue weighted by Crippen LogP contribution is 2.15. The third-order valence-corrected chi connectivity index (χ3v) is 3.93. The average Bonchev–Trinajstić information content (AvgIpc) is 2.70. The number of rotatable bonds is 3. The normalized spacial score (nSPS) is 16.8. The summed E-state index contributed by atoms with van der Waals surface area (Å²) in [4.78, 5) is 14.2. The van der Waals surface area contributed by atoms with Crippen LogP contribution in [0.5, 0.6) is 0 Å². The molecule has 0 aromatic carbocycles. The lowest BCUT2D eigenvalue weighted by molar-refractivity contribution is 0.0753. The molecule has 0 radical (unpaired) electrons. The Balaban J connectivity index is 1.98. The molecule has 0 atom stereocenters. The maximum absolute atomic E-state index is 12.3. The zero-order valence-electron chi connectivity index (χ0n) is 11.6. The molecule has 0 saturated carbocycles. The fraction of sp³-hybridized carbons (Fsp3) is 0.643. The quantitative estimate of drug-likeness (QED) is 0.879. The van der Waals surface area contributed by atoms with E-state index in [1.165, 1.54) is 12.8 Å². The van der Waals surface area contributed by atoms with Crippen LogP contribution in [0.3, 0.4) is 0 Å². The molecule has 1 aromatic heterocycles. The molecular weight excluding hydrogens is 226 g/mol. The molecule has 4 heteroatoms. The highest BCUT2D eigenvalue weighted by atomic mass is 16.2. The topological polar surface area (TPSA) is 37.3 Å². The Hall–Kier alpha value is -1.29. The minimum absolute atomic E-state index is 0.129. The van der Waals surface area contributed by atoms with Gasteiger partial charge in [0.1, 0.15) is 5.69 Å². The van der Waals surface area contributed by atoms with Gasteiger partial charge in [-0.25, -0.2) is 0 Å². The van der Waals surface area contributed by atoms with Gasteiger partial charge in [-0.2, -0.15) is 0 Å². The van der Waals surface area contributed by atoms with Crippen molar-refractivity contribution in [2.24, 2.45) is 13.0 Å². The smallest absolute Gasteiger partial charge is 0.270 e. The van der Waals surface area contributed by atoms with Crippen LogP contribution in [-0.4, -0.2) is 42.1 Å². The Morgan fingerprint density at radius 2 is 2.11 bits per heavy atom. The lowest BCUT2D eigenvalue weighted by Crippen LogP contribution is -2.37. The van der Waals surface area contributed by atoms with Crippen molar-refractivity contribution >= 4 is 5.91 Å². The van der Waals surface area contributed by atoms with E-state index in [4.69, 9.17) is 0 Å². The molecule has 0 spiro atoms. The van der Waals surface area contributed by atoms with Crippen molar-refractivity contribution in [3.05, 3.63) is 23.5 Å². The van der Waals surface area contributed by atoms with Crippen molar-refractivity contribution in [3.63, 3.8) is 0 Å². The number of aromatic nitrogens is 1. The van der Waals surface area contributed by atoms with E-state index >= 15 is 0 Å². The van der Waals surface area contributed by atoms with Crippen LogP contribution < -0.4 is 5.32 Å². The summed E-state index contributed by atoms with van der Waals surface area (Å²) >= 11 is 0. The van der Waals surface area contributed by atoms with Crippen molar-refractivity contribution in [3.8, 4) is 0 Å². The number of hydrogen-bond donors (Lipinski definition) is 1. The van der Waals surface area contributed by atoms with Crippen LogP contribution in [0.25, 0.3) is 0 Å². The lowest BCUT2D eigenvalue weighted by atomic mass is 9.97. The first-order chi connectivity index (χ1) is 8.59. The Morgan fingerprint density at radius 3 is 2.67 bits per heavy atom. The van der Waals surface area contributed by atoms with E-state index < -0.39 is 0 Å². The molecule has 100 valence electrons. The van der Waals surface area contributed by atoms with Gasteiger partial charge in [0.15, 0.2) is 0 Å². The van der Waals surface area contributed by atoms with Gasteiger partial charge in [-0.05, 0) is 50.9 Å². The second-order valence-electron chi connectivity index (χ2n) is 5.30. The summed E-state index contributed by atoms with van der Waals surface area (Å²) in [5.41, 5.74) is 1.90. The van der Waals surface area contributed by atoms with Crippen LogP contribution in [0.4, 0.5) is 0 Å². The van der Waals surface area contributed by atoms with Crippen molar-refractivity contribution in [1.82, 2.24) is 14.8 Å². The first-order valence-corrected chi connectivity index (χ1v) is 6.68. The monoisotopic (exact) mass is 249 g/mol. The predicted octanol–water partition coefficient (Wildman–Crippen LogP) is 1.41. The SMILES string of the molecule is Cc1ccc(C(=O)N(C)CC2CCNCC2)n1C. The van der Waals surface area contributed by atoms with Gasteiger partial charge in [0, 0.05) is 26.3 Å². The first-order valence-electron chi connectivity index (χ1n) is 6.68. The Labute approximate surface area is 109 Å². The van der Waals surface area contributed by atoms with Crippen LogP contribution in [0, 0.1) is 12.8 Å². The molecule has 18 heavy (non-hydrogen) atoms. The number of aryl methyl sites for hydroxylation is 1. The van der Waals surface area contributed by atoms with Crippen LogP contribution in [0.2, 0.25) is 0 Å². The highest BCUT2D eigenvalue weighted by Gasteiger charge is 2.20. The molecule has 1 saturated heterocycles. The van der Waals surface area contributed by atoms with Crippen LogP contribution in [-0.2, 0) is 7.05 Å². The average molecular weight is 249 g/mol. The number of carbonyl (C=O) groups excluding carboxylic acids is 1. The summed E-state index contributed by atoms with van der Waals surface area (Å²) in [6.07, 6.45) is 2.34. The van der Waals surface area contributed by atoms with Gasteiger partial charge in [-0.1, -0.05) is 0 Å². The second-order valence-corrected chi connectivity index (χ2v) is 5.30. The van der Waals surface area contributed by atoms with E-state index in [2.05, 4.69) is 5.32 Å². The Morgan fingerprint density at radius 1 is 1.44 bits per heavy atom. The lowest BCUT2D eigenvalue weighted by Gasteiger charge is -2.27. The van der Waals surface area contributed by atoms with E-state index in [9.17, 15) is 4.79 Å². The number of hydrogen-bond acceptors (Lipinski definition) is 2. The molecule has 1 aliphatic heterocycles. The fourth-order valence-corrected chi connectivity index (χ4v) is 2.56. The molecule has 1 N–H and O–H groups in total. The van der Waals surface area contributed by atoms with Gasteiger partial charge in [-0.3, -0.25) is 4.79 Å². The molecule has 0 bridgehead atoms. The highest BCUT2D eigenvalue weighted by molar-refractivity contribution is 5.92. The van der Waals surface area contributed by atoms with Crippen molar-refractivity contribution in [2.45, 2.75) is 19.8 Å². The molecule has 1 aliphatic rings. The third kappa shape index (κ3) is 2.75. The second kappa shape index (κ2) is 5.57. The maximum atomic E-state index is 12.3. The number of nitrogens with one attached hydrogen (secondary N) is 1.